The molecule has 0 spiro atoms. The minimum absolute atomic E-state index is 0.212. The smallest absolute Gasteiger partial charge is 0.187 e. The fourth-order valence-corrected chi connectivity index (χ4v) is 4.87. The Bertz CT molecular complexity index is 672. The highest BCUT2D eigenvalue weighted by Crippen LogP contribution is 2.56. The quantitative estimate of drug-likeness (QED) is 0.346. The molecule has 0 heterocycles. The van der Waals surface area contributed by atoms with Gasteiger partial charge in [0, 0.05) is 11.6 Å². The first-order valence-corrected chi connectivity index (χ1v) is 8.67. The van der Waals surface area contributed by atoms with Crippen LogP contribution in [0.3, 0.4) is 0 Å². The predicted octanol–water partition coefficient (Wildman–Crippen LogP) is 2.79. The van der Waals surface area contributed by atoms with Gasteiger partial charge in [-0.05, 0) is 67.3 Å². The fraction of sp³-hybridized carbons (Fsp3) is 0.444. The lowest BCUT2D eigenvalue weighted by atomic mass is 9.79. The SMILES string of the molecule is Oc1ccccc1/C=N/NC(=S)N[C@@H]1C[C@H]2C[C@@H]1[C@H]1C=CC[C@H]21. The average Bonchev–Trinajstić information content (AvgIpc) is 3.21. The number of rotatable bonds is 3. The van der Waals surface area contributed by atoms with Crippen molar-refractivity contribution >= 4 is 23.5 Å². The molecule has 5 heteroatoms. The number of aromatic hydroxyl groups is 1. The number of benzene rings is 1. The van der Waals surface area contributed by atoms with E-state index in [1.54, 1.807) is 24.4 Å². The van der Waals surface area contributed by atoms with Crippen molar-refractivity contribution < 1.29 is 5.11 Å². The minimum atomic E-state index is 0.212. The first-order valence-electron chi connectivity index (χ1n) is 8.26. The van der Waals surface area contributed by atoms with Crippen LogP contribution in [0.25, 0.3) is 0 Å². The molecule has 0 aromatic heterocycles. The van der Waals surface area contributed by atoms with Gasteiger partial charge in [-0.3, -0.25) is 5.43 Å². The Labute approximate surface area is 141 Å². The number of phenolic OH excluding ortho intramolecular Hbond substituents is 1. The van der Waals surface area contributed by atoms with Crippen molar-refractivity contribution in [2.45, 2.75) is 25.3 Å². The van der Waals surface area contributed by atoms with E-state index in [2.05, 4.69) is 28.0 Å². The summed E-state index contributed by atoms with van der Waals surface area (Å²) in [7, 11) is 0. The van der Waals surface area contributed by atoms with Crippen LogP contribution in [0.5, 0.6) is 5.75 Å². The molecule has 0 amide bonds. The van der Waals surface area contributed by atoms with Gasteiger partial charge in [0.1, 0.15) is 5.75 Å². The Hall–Kier alpha value is -1.88. The Morgan fingerprint density at radius 3 is 3.00 bits per heavy atom. The van der Waals surface area contributed by atoms with Crippen LogP contribution in [0.15, 0.2) is 41.5 Å². The number of phenols is 1. The van der Waals surface area contributed by atoms with Crippen molar-refractivity contribution in [2.24, 2.45) is 28.8 Å². The van der Waals surface area contributed by atoms with Crippen molar-refractivity contribution in [1.82, 2.24) is 10.7 Å². The summed E-state index contributed by atoms with van der Waals surface area (Å²) in [6.07, 6.45) is 10.2. The molecule has 4 rings (SSSR count). The number of hydrazone groups is 1. The van der Waals surface area contributed by atoms with Crippen LogP contribution in [0, 0.1) is 23.7 Å². The van der Waals surface area contributed by atoms with Crippen molar-refractivity contribution in [3.05, 3.63) is 42.0 Å². The highest BCUT2D eigenvalue weighted by molar-refractivity contribution is 7.80. The van der Waals surface area contributed by atoms with Gasteiger partial charge < -0.3 is 10.4 Å². The summed E-state index contributed by atoms with van der Waals surface area (Å²) in [6.45, 7) is 0. The monoisotopic (exact) mass is 327 g/mol. The molecule has 2 fully saturated rings. The zero-order valence-electron chi connectivity index (χ0n) is 12.9. The van der Waals surface area contributed by atoms with Gasteiger partial charge in [-0.15, -0.1) is 0 Å². The van der Waals surface area contributed by atoms with Crippen LogP contribution in [-0.4, -0.2) is 22.5 Å². The van der Waals surface area contributed by atoms with Crippen LogP contribution in [-0.2, 0) is 0 Å². The van der Waals surface area contributed by atoms with Crippen LogP contribution < -0.4 is 10.7 Å². The number of hydrogen-bond donors (Lipinski definition) is 3. The molecule has 3 N–H and O–H groups in total. The summed E-state index contributed by atoms with van der Waals surface area (Å²) in [6, 6.07) is 7.55. The molecule has 23 heavy (non-hydrogen) atoms. The molecule has 1 aromatic carbocycles. The highest BCUT2D eigenvalue weighted by Gasteiger charge is 2.52. The molecule has 4 nitrogen and oxygen atoms in total. The van der Waals surface area contributed by atoms with Gasteiger partial charge in [-0.2, -0.15) is 5.10 Å². The second kappa shape index (κ2) is 5.96. The van der Waals surface area contributed by atoms with Gasteiger partial charge in [-0.25, -0.2) is 0 Å². The van der Waals surface area contributed by atoms with Crippen molar-refractivity contribution in [3.8, 4) is 5.75 Å². The summed E-state index contributed by atoms with van der Waals surface area (Å²) in [5.41, 5.74) is 3.53. The summed E-state index contributed by atoms with van der Waals surface area (Å²) < 4.78 is 0. The first-order chi connectivity index (χ1) is 11.2. The maximum Gasteiger partial charge on any atom is 0.187 e. The van der Waals surface area contributed by atoms with Crippen LogP contribution in [0.1, 0.15) is 24.8 Å². The zero-order chi connectivity index (χ0) is 15.8. The number of thiocarbonyl (C=S) groups is 1. The lowest BCUT2D eigenvalue weighted by Gasteiger charge is -2.32. The number of para-hydroxylation sites is 1. The van der Waals surface area contributed by atoms with Gasteiger partial charge in [0.25, 0.3) is 0 Å². The van der Waals surface area contributed by atoms with Crippen molar-refractivity contribution in [1.29, 1.82) is 0 Å². The van der Waals surface area contributed by atoms with Crippen LogP contribution >= 0.6 is 12.2 Å². The maximum atomic E-state index is 9.69. The van der Waals surface area contributed by atoms with Gasteiger partial charge in [0.2, 0.25) is 0 Å². The van der Waals surface area contributed by atoms with Gasteiger partial charge in [-0.1, -0.05) is 24.3 Å². The van der Waals surface area contributed by atoms with Gasteiger partial charge in [0.05, 0.1) is 6.21 Å². The van der Waals surface area contributed by atoms with Crippen molar-refractivity contribution in [3.63, 3.8) is 0 Å². The topological polar surface area (TPSA) is 56.7 Å². The molecule has 1 aromatic rings. The largest absolute Gasteiger partial charge is 0.507 e. The average molecular weight is 327 g/mol. The molecule has 2 saturated carbocycles. The predicted molar refractivity (Wildman–Crippen MR) is 95.3 cm³/mol. The molecular weight excluding hydrogens is 306 g/mol. The number of fused-ring (bicyclic) bond motifs is 5. The van der Waals surface area contributed by atoms with Crippen LogP contribution in [0.2, 0.25) is 0 Å². The second-order valence-corrected chi connectivity index (χ2v) is 7.22. The minimum Gasteiger partial charge on any atom is -0.507 e. The van der Waals surface area contributed by atoms with Crippen LogP contribution in [0.4, 0.5) is 0 Å². The number of hydrogen-bond acceptors (Lipinski definition) is 3. The van der Waals surface area contributed by atoms with E-state index < -0.39 is 0 Å². The molecule has 2 bridgehead atoms. The summed E-state index contributed by atoms with van der Waals surface area (Å²) >= 11 is 5.36. The van der Waals surface area contributed by atoms with E-state index in [4.69, 9.17) is 12.2 Å². The number of nitrogens with zero attached hydrogens (tertiary/aromatic N) is 1. The fourth-order valence-electron chi connectivity index (χ4n) is 4.67. The molecule has 3 aliphatic carbocycles. The van der Waals surface area contributed by atoms with E-state index in [1.807, 2.05) is 6.07 Å². The molecule has 3 aliphatic rings. The lowest BCUT2D eigenvalue weighted by molar-refractivity contribution is 0.246. The standard InChI is InChI=1S/C18H21N3OS/c22-17-7-2-1-4-11(17)10-19-21-18(23)20-16-9-12-8-15(16)14-6-3-5-13(12)14/h1-4,6-7,10,12-16,22H,5,8-9H2,(H2,20,21,23)/b19-10+/t12-,13-,14+,15-,16-/m1/s1. The van der Waals surface area contributed by atoms with E-state index in [-0.39, 0.29) is 5.75 Å². The molecule has 5 atom stereocenters. The second-order valence-electron chi connectivity index (χ2n) is 6.81. The molecule has 0 aliphatic heterocycles. The van der Waals surface area contributed by atoms with E-state index in [0.717, 1.165) is 17.8 Å². The third kappa shape index (κ3) is 2.74. The van der Waals surface area contributed by atoms with E-state index in [0.29, 0.717) is 22.6 Å². The molecule has 0 saturated heterocycles. The first kappa shape index (κ1) is 14.7. The third-order valence-electron chi connectivity index (χ3n) is 5.63. The summed E-state index contributed by atoms with van der Waals surface area (Å²) in [4.78, 5) is 0. The summed E-state index contributed by atoms with van der Waals surface area (Å²) in [5, 5.41) is 17.8. The Morgan fingerprint density at radius 2 is 2.13 bits per heavy atom. The van der Waals surface area contributed by atoms with E-state index >= 15 is 0 Å². The molecule has 0 radical (unpaired) electrons. The van der Waals surface area contributed by atoms with E-state index in [9.17, 15) is 5.11 Å². The molecule has 120 valence electrons. The van der Waals surface area contributed by atoms with E-state index in [1.165, 1.54) is 19.3 Å². The Morgan fingerprint density at radius 1 is 1.26 bits per heavy atom. The number of nitrogens with one attached hydrogen (secondary N) is 2. The maximum absolute atomic E-state index is 9.69. The molecular formula is C18H21N3OS. The van der Waals surface area contributed by atoms with Gasteiger partial charge >= 0.3 is 0 Å². The third-order valence-corrected chi connectivity index (χ3v) is 5.84. The zero-order valence-corrected chi connectivity index (χ0v) is 13.7. The number of allylic oxidation sites excluding steroid dienone is 2. The van der Waals surface area contributed by atoms with Gasteiger partial charge in [0.15, 0.2) is 5.11 Å². The highest BCUT2D eigenvalue weighted by atomic mass is 32.1. The normalized spacial score (nSPS) is 34.0. The Kier molecular flexibility index (Phi) is 3.81. The lowest BCUT2D eigenvalue weighted by Crippen LogP contribution is -2.45. The summed E-state index contributed by atoms with van der Waals surface area (Å²) in [5.74, 6) is 3.41. The Balaban J connectivity index is 1.31. The molecule has 0 unspecified atom stereocenters. The van der Waals surface area contributed by atoms with Crippen molar-refractivity contribution in [2.75, 3.05) is 0 Å².